The van der Waals surface area contributed by atoms with Crippen LogP contribution in [0.15, 0.2) is 11.6 Å². The molecule has 0 saturated carbocycles. The zero-order valence-electron chi connectivity index (χ0n) is 7.54. The molecule has 0 aromatic heterocycles. The average Bonchev–Trinajstić information content (AvgIpc) is 2.04. The summed E-state index contributed by atoms with van der Waals surface area (Å²) in [6.45, 7) is 4.14. The predicted molar refractivity (Wildman–Crippen MR) is 46.7 cm³/mol. The van der Waals surface area contributed by atoms with E-state index in [4.69, 9.17) is 0 Å². The SMILES string of the molecule is CC(C)C1=CC(=O)C(C=O)CC1. The number of aldehydes is 1. The van der Waals surface area contributed by atoms with Crippen molar-refractivity contribution in [2.45, 2.75) is 26.7 Å². The van der Waals surface area contributed by atoms with Crippen LogP contribution in [-0.2, 0) is 9.59 Å². The number of hydrogen-bond donors (Lipinski definition) is 0. The van der Waals surface area contributed by atoms with Gasteiger partial charge in [0, 0.05) is 0 Å². The lowest BCUT2D eigenvalue weighted by Crippen LogP contribution is -2.19. The van der Waals surface area contributed by atoms with Gasteiger partial charge in [0.15, 0.2) is 5.78 Å². The number of ketones is 1. The molecule has 1 unspecified atom stereocenters. The number of carbonyl (C=O) groups excluding carboxylic acids is 2. The van der Waals surface area contributed by atoms with Gasteiger partial charge in [-0.15, -0.1) is 0 Å². The van der Waals surface area contributed by atoms with Gasteiger partial charge in [-0.05, 0) is 24.8 Å². The van der Waals surface area contributed by atoms with Crippen LogP contribution in [-0.4, -0.2) is 12.1 Å². The summed E-state index contributed by atoms with van der Waals surface area (Å²) in [5.74, 6) is 0.0500. The molecule has 0 spiro atoms. The van der Waals surface area contributed by atoms with Crippen LogP contribution in [0.25, 0.3) is 0 Å². The largest absolute Gasteiger partial charge is 0.303 e. The molecule has 1 rings (SSSR count). The Morgan fingerprint density at radius 3 is 2.67 bits per heavy atom. The van der Waals surface area contributed by atoms with E-state index in [0.29, 0.717) is 12.3 Å². The summed E-state index contributed by atoms with van der Waals surface area (Å²) >= 11 is 0. The highest BCUT2D eigenvalue weighted by atomic mass is 16.1. The highest BCUT2D eigenvalue weighted by Gasteiger charge is 2.22. The molecular formula is C10H14O2. The van der Waals surface area contributed by atoms with Crippen LogP contribution in [0.1, 0.15) is 26.7 Å². The molecule has 0 aromatic carbocycles. The van der Waals surface area contributed by atoms with Gasteiger partial charge in [0.25, 0.3) is 0 Å². The van der Waals surface area contributed by atoms with Crippen LogP contribution in [0, 0.1) is 11.8 Å². The molecule has 12 heavy (non-hydrogen) atoms. The molecule has 0 N–H and O–H groups in total. The van der Waals surface area contributed by atoms with Gasteiger partial charge in [0.05, 0.1) is 5.92 Å². The summed E-state index contributed by atoms with van der Waals surface area (Å²) in [4.78, 5) is 21.6. The zero-order valence-corrected chi connectivity index (χ0v) is 7.54. The Morgan fingerprint density at radius 2 is 2.25 bits per heavy atom. The monoisotopic (exact) mass is 166 g/mol. The molecule has 0 bridgehead atoms. The highest BCUT2D eigenvalue weighted by Crippen LogP contribution is 2.24. The summed E-state index contributed by atoms with van der Waals surface area (Å²) in [5.41, 5.74) is 1.18. The van der Waals surface area contributed by atoms with Gasteiger partial charge >= 0.3 is 0 Å². The normalized spacial score (nSPS) is 24.1. The number of rotatable bonds is 2. The van der Waals surface area contributed by atoms with E-state index in [9.17, 15) is 9.59 Å². The molecule has 0 aromatic rings. The van der Waals surface area contributed by atoms with Crippen molar-refractivity contribution in [1.82, 2.24) is 0 Å². The molecule has 0 radical (unpaired) electrons. The summed E-state index contributed by atoms with van der Waals surface area (Å²) < 4.78 is 0. The standard InChI is InChI=1S/C10H14O2/c1-7(2)8-3-4-9(6-11)10(12)5-8/h5-7,9H,3-4H2,1-2H3. The van der Waals surface area contributed by atoms with Crippen LogP contribution in [0.2, 0.25) is 0 Å². The summed E-state index contributed by atoms with van der Waals surface area (Å²) in [5, 5.41) is 0. The van der Waals surface area contributed by atoms with Crippen LogP contribution in [0.4, 0.5) is 0 Å². The second kappa shape index (κ2) is 3.65. The smallest absolute Gasteiger partial charge is 0.165 e. The van der Waals surface area contributed by atoms with Gasteiger partial charge < -0.3 is 4.79 Å². The van der Waals surface area contributed by atoms with E-state index in [1.165, 1.54) is 5.57 Å². The quantitative estimate of drug-likeness (QED) is 0.462. The first-order chi connectivity index (χ1) is 5.65. The van der Waals surface area contributed by atoms with Crippen molar-refractivity contribution in [2.24, 2.45) is 11.8 Å². The van der Waals surface area contributed by atoms with E-state index in [1.54, 1.807) is 6.08 Å². The van der Waals surface area contributed by atoms with Gasteiger partial charge in [-0.3, -0.25) is 4.79 Å². The van der Waals surface area contributed by atoms with Crippen LogP contribution < -0.4 is 0 Å². The van der Waals surface area contributed by atoms with Crippen molar-refractivity contribution in [3.63, 3.8) is 0 Å². The lowest BCUT2D eigenvalue weighted by atomic mass is 9.85. The second-order valence-corrected chi connectivity index (χ2v) is 3.56. The van der Waals surface area contributed by atoms with Gasteiger partial charge in [-0.1, -0.05) is 19.4 Å². The fourth-order valence-electron chi connectivity index (χ4n) is 1.42. The van der Waals surface area contributed by atoms with Crippen LogP contribution >= 0.6 is 0 Å². The van der Waals surface area contributed by atoms with E-state index >= 15 is 0 Å². The topological polar surface area (TPSA) is 34.1 Å². The fraction of sp³-hybridized carbons (Fsp3) is 0.600. The molecule has 0 fully saturated rings. The molecule has 2 heteroatoms. The Hall–Kier alpha value is -0.920. The third kappa shape index (κ3) is 1.81. The summed E-state index contributed by atoms with van der Waals surface area (Å²) in [6.07, 6.45) is 4.00. The second-order valence-electron chi connectivity index (χ2n) is 3.56. The van der Waals surface area contributed by atoms with Crippen molar-refractivity contribution in [2.75, 3.05) is 0 Å². The van der Waals surface area contributed by atoms with E-state index in [-0.39, 0.29) is 11.7 Å². The van der Waals surface area contributed by atoms with Crippen LogP contribution in [0.3, 0.4) is 0 Å². The van der Waals surface area contributed by atoms with Gasteiger partial charge in [0.1, 0.15) is 6.29 Å². The predicted octanol–water partition coefficient (Wildman–Crippen LogP) is 1.75. The summed E-state index contributed by atoms with van der Waals surface area (Å²) in [6, 6.07) is 0. The maximum absolute atomic E-state index is 11.2. The zero-order chi connectivity index (χ0) is 9.14. The van der Waals surface area contributed by atoms with Crippen molar-refractivity contribution in [3.8, 4) is 0 Å². The van der Waals surface area contributed by atoms with Gasteiger partial charge in [0.2, 0.25) is 0 Å². The number of hydrogen-bond acceptors (Lipinski definition) is 2. The van der Waals surface area contributed by atoms with E-state index in [0.717, 1.165) is 12.7 Å². The molecule has 0 aliphatic heterocycles. The highest BCUT2D eigenvalue weighted by molar-refractivity contribution is 6.01. The molecule has 0 saturated heterocycles. The van der Waals surface area contributed by atoms with E-state index in [2.05, 4.69) is 13.8 Å². The molecule has 1 atom stereocenters. The Bertz CT molecular complexity index is 226. The molecule has 0 amide bonds. The van der Waals surface area contributed by atoms with Crippen molar-refractivity contribution >= 4 is 12.1 Å². The third-order valence-electron chi connectivity index (χ3n) is 2.34. The maximum Gasteiger partial charge on any atom is 0.165 e. The number of carbonyl (C=O) groups is 2. The third-order valence-corrected chi connectivity index (χ3v) is 2.34. The van der Waals surface area contributed by atoms with Crippen molar-refractivity contribution in [3.05, 3.63) is 11.6 Å². The van der Waals surface area contributed by atoms with Gasteiger partial charge in [-0.25, -0.2) is 0 Å². The van der Waals surface area contributed by atoms with Crippen molar-refractivity contribution < 1.29 is 9.59 Å². The van der Waals surface area contributed by atoms with Gasteiger partial charge in [-0.2, -0.15) is 0 Å². The van der Waals surface area contributed by atoms with E-state index < -0.39 is 0 Å². The van der Waals surface area contributed by atoms with Crippen molar-refractivity contribution in [1.29, 1.82) is 0 Å². The molecule has 66 valence electrons. The fourth-order valence-corrected chi connectivity index (χ4v) is 1.42. The lowest BCUT2D eigenvalue weighted by molar-refractivity contribution is -0.124. The minimum Gasteiger partial charge on any atom is -0.303 e. The Labute approximate surface area is 72.7 Å². The van der Waals surface area contributed by atoms with E-state index in [1.807, 2.05) is 0 Å². The number of allylic oxidation sites excluding steroid dienone is 2. The molecule has 0 heterocycles. The van der Waals surface area contributed by atoms with Crippen LogP contribution in [0.5, 0.6) is 0 Å². The lowest BCUT2D eigenvalue weighted by Gasteiger charge is -2.18. The molecule has 2 nitrogen and oxygen atoms in total. The first-order valence-electron chi connectivity index (χ1n) is 4.34. The molecule has 1 aliphatic rings. The minimum atomic E-state index is -0.368. The first kappa shape index (κ1) is 9.17. The molecule has 1 aliphatic carbocycles. The Kier molecular flexibility index (Phi) is 2.79. The minimum absolute atomic E-state index is 0.0139. The Morgan fingerprint density at radius 1 is 1.58 bits per heavy atom. The maximum atomic E-state index is 11.2. The Balaban J connectivity index is 2.74. The first-order valence-corrected chi connectivity index (χ1v) is 4.34. The summed E-state index contributed by atoms with van der Waals surface area (Å²) in [7, 11) is 0. The average molecular weight is 166 g/mol. The molecular weight excluding hydrogens is 152 g/mol.